The fourth-order valence-corrected chi connectivity index (χ4v) is 5.36. The van der Waals surface area contributed by atoms with E-state index in [0.717, 1.165) is 25.0 Å². The lowest BCUT2D eigenvalue weighted by Crippen LogP contribution is -2.34. The predicted molar refractivity (Wildman–Crippen MR) is 109 cm³/mol. The zero-order valence-corrected chi connectivity index (χ0v) is 17.3. The van der Waals surface area contributed by atoms with E-state index in [1.165, 1.54) is 24.4 Å². The molecule has 0 aliphatic carbocycles. The van der Waals surface area contributed by atoms with Gasteiger partial charge >= 0.3 is 0 Å². The Kier molecular flexibility index (Phi) is 5.21. The van der Waals surface area contributed by atoms with Gasteiger partial charge in [-0.25, -0.2) is 17.2 Å². The normalized spacial score (nSPS) is 15.8. The van der Waals surface area contributed by atoms with Crippen molar-refractivity contribution in [3.05, 3.63) is 59.3 Å². The smallest absolute Gasteiger partial charge is 0.210 e. The van der Waals surface area contributed by atoms with Crippen LogP contribution >= 0.6 is 11.6 Å². The molecule has 0 spiro atoms. The van der Waals surface area contributed by atoms with Gasteiger partial charge < -0.3 is 4.90 Å². The van der Waals surface area contributed by atoms with Crippen molar-refractivity contribution in [3.63, 3.8) is 0 Å². The van der Waals surface area contributed by atoms with Crippen molar-refractivity contribution >= 4 is 38.0 Å². The fourth-order valence-electron chi connectivity index (χ4n) is 3.66. The molecule has 0 unspecified atom stereocenters. The SMILES string of the molecule is CC1CCN(c2c(S(=O)(=O)c3ccc(F)c(Cl)c3)cnc3cc(F)ccc23)CC1. The highest BCUT2D eigenvalue weighted by Crippen LogP contribution is 2.38. The Hall–Kier alpha value is -2.25. The summed E-state index contributed by atoms with van der Waals surface area (Å²) in [4.78, 5) is 6.10. The number of rotatable bonds is 3. The third-order valence-electron chi connectivity index (χ3n) is 5.36. The van der Waals surface area contributed by atoms with Gasteiger partial charge in [0.2, 0.25) is 9.84 Å². The van der Waals surface area contributed by atoms with E-state index in [2.05, 4.69) is 11.9 Å². The van der Waals surface area contributed by atoms with Gasteiger partial charge in [-0.1, -0.05) is 18.5 Å². The summed E-state index contributed by atoms with van der Waals surface area (Å²) in [6.07, 6.45) is 3.10. The minimum Gasteiger partial charge on any atom is -0.370 e. The molecule has 2 aromatic carbocycles. The molecule has 0 bridgehead atoms. The highest BCUT2D eigenvalue weighted by Gasteiger charge is 2.29. The molecule has 152 valence electrons. The van der Waals surface area contributed by atoms with Crippen LogP contribution in [0, 0.1) is 17.6 Å². The molecule has 3 aromatic rings. The fraction of sp³-hybridized carbons (Fsp3) is 0.286. The first-order chi connectivity index (χ1) is 13.8. The first kappa shape index (κ1) is 20.0. The van der Waals surface area contributed by atoms with Crippen LogP contribution < -0.4 is 4.90 Å². The molecule has 0 atom stereocenters. The standard InChI is InChI=1S/C21H19ClF2N2O2S/c1-13-6-8-26(9-7-13)21-16-4-2-14(23)10-19(16)25-12-20(21)29(27,28)15-3-5-18(24)17(22)11-15/h2-5,10-13H,6-9H2,1H3. The van der Waals surface area contributed by atoms with Gasteiger partial charge in [-0.05, 0) is 49.1 Å². The van der Waals surface area contributed by atoms with Crippen LogP contribution in [0.25, 0.3) is 10.9 Å². The van der Waals surface area contributed by atoms with Crippen LogP contribution in [0.1, 0.15) is 19.8 Å². The van der Waals surface area contributed by atoms with Gasteiger partial charge in [-0.2, -0.15) is 0 Å². The van der Waals surface area contributed by atoms with E-state index >= 15 is 0 Å². The van der Waals surface area contributed by atoms with Crippen LogP contribution in [-0.2, 0) is 9.84 Å². The third kappa shape index (κ3) is 3.69. The molecule has 1 aromatic heterocycles. The maximum atomic E-state index is 13.7. The third-order valence-corrected chi connectivity index (χ3v) is 7.40. The van der Waals surface area contributed by atoms with Gasteiger partial charge in [0.05, 0.1) is 21.1 Å². The second kappa shape index (κ2) is 7.54. The molecule has 0 amide bonds. The maximum absolute atomic E-state index is 13.7. The Morgan fingerprint density at radius 1 is 1.10 bits per heavy atom. The second-order valence-electron chi connectivity index (χ2n) is 7.38. The van der Waals surface area contributed by atoms with Gasteiger partial charge in [0.15, 0.2) is 0 Å². The Morgan fingerprint density at radius 3 is 2.52 bits per heavy atom. The molecule has 1 saturated heterocycles. The summed E-state index contributed by atoms with van der Waals surface area (Å²) in [6, 6.07) is 7.46. The minimum atomic E-state index is -4.02. The Bertz CT molecular complexity index is 1190. The largest absolute Gasteiger partial charge is 0.370 e. The molecule has 1 aliphatic rings. The van der Waals surface area contributed by atoms with E-state index in [1.54, 1.807) is 6.07 Å². The number of anilines is 1. The van der Waals surface area contributed by atoms with Crippen LogP contribution in [0.5, 0.6) is 0 Å². The van der Waals surface area contributed by atoms with Crippen molar-refractivity contribution in [3.8, 4) is 0 Å². The number of nitrogens with zero attached hydrogens (tertiary/aromatic N) is 2. The lowest BCUT2D eigenvalue weighted by atomic mass is 9.98. The zero-order valence-electron chi connectivity index (χ0n) is 15.7. The van der Waals surface area contributed by atoms with E-state index in [4.69, 9.17) is 11.6 Å². The van der Waals surface area contributed by atoms with E-state index in [1.807, 2.05) is 4.90 Å². The van der Waals surface area contributed by atoms with E-state index < -0.39 is 21.5 Å². The molecule has 0 radical (unpaired) electrons. The van der Waals surface area contributed by atoms with E-state index in [-0.39, 0.29) is 14.8 Å². The number of hydrogen-bond donors (Lipinski definition) is 0. The molecule has 4 nitrogen and oxygen atoms in total. The number of hydrogen-bond acceptors (Lipinski definition) is 4. The average Bonchev–Trinajstić information content (AvgIpc) is 2.69. The Labute approximate surface area is 173 Å². The predicted octanol–water partition coefficient (Wildman–Crippen LogP) is 5.24. The first-order valence-corrected chi connectivity index (χ1v) is 11.2. The van der Waals surface area contributed by atoms with Crippen molar-refractivity contribution in [2.75, 3.05) is 18.0 Å². The summed E-state index contributed by atoms with van der Waals surface area (Å²) in [5.41, 5.74) is 0.886. The minimum absolute atomic E-state index is 0.00818. The van der Waals surface area contributed by atoms with Gasteiger partial charge in [-0.15, -0.1) is 0 Å². The molecule has 1 fully saturated rings. The number of halogens is 3. The summed E-state index contributed by atoms with van der Waals surface area (Å²) in [5.74, 6) is -0.583. The molecular formula is C21H19ClF2N2O2S. The number of piperidine rings is 1. The summed E-state index contributed by atoms with van der Waals surface area (Å²) >= 11 is 5.82. The quantitative estimate of drug-likeness (QED) is 0.527. The Balaban J connectivity index is 1.94. The summed E-state index contributed by atoms with van der Waals surface area (Å²) < 4.78 is 54.1. The lowest BCUT2D eigenvalue weighted by molar-refractivity contribution is 0.437. The molecular weight excluding hydrogens is 418 g/mol. The van der Waals surface area contributed by atoms with Crippen molar-refractivity contribution < 1.29 is 17.2 Å². The summed E-state index contributed by atoms with van der Waals surface area (Å²) in [6.45, 7) is 3.53. The molecule has 2 heterocycles. The van der Waals surface area contributed by atoms with Crippen LogP contribution in [0.4, 0.5) is 14.5 Å². The highest BCUT2D eigenvalue weighted by atomic mass is 35.5. The number of aromatic nitrogens is 1. The van der Waals surface area contributed by atoms with Crippen LogP contribution in [0.2, 0.25) is 5.02 Å². The van der Waals surface area contributed by atoms with Crippen molar-refractivity contribution in [2.45, 2.75) is 29.6 Å². The highest BCUT2D eigenvalue weighted by molar-refractivity contribution is 7.91. The summed E-state index contributed by atoms with van der Waals surface area (Å²) in [5, 5.41) is 0.297. The summed E-state index contributed by atoms with van der Waals surface area (Å²) in [7, 11) is -4.02. The number of benzene rings is 2. The molecule has 0 saturated carbocycles. The van der Waals surface area contributed by atoms with Crippen LogP contribution in [0.3, 0.4) is 0 Å². The molecule has 4 rings (SSSR count). The topological polar surface area (TPSA) is 50.3 Å². The van der Waals surface area contributed by atoms with Gasteiger partial charge in [0, 0.05) is 30.7 Å². The van der Waals surface area contributed by atoms with E-state index in [9.17, 15) is 17.2 Å². The number of fused-ring (bicyclic) bond motifs is 1. The van der Waals surface area contributed by atoms with Crippen molar-refractivity contribution in [1.82, 2.24) is 4.98 Å². The zero-order chi connectivity index (χ0) is 20.8. The molecule has 1 aliphatic heterocycles. The number of pyridine rings is 1. The van der Waals surface area contributed by atoms with Gasteiger partial charge in [0.25, 0.3) is 0 Å². The molecule has 29 heavy (non-hydrogen) atoms. The maximum Gasteiger partial charge on any atom is 0.210 e. The van der Waals surface area contributed by atoms with Crippen molar-refractivity contribution in [2.24, 2.45) is 5.92 Å². The number of sulfone groups is 1. The van der Waals surface area contributed by atoms with E-state index in [0.29, 0.717) is 35.6 Å². The van der Waals surface area contributed by atoms with Crippen LogP contribution in [0.15, 0.2) is 52.4 Å². The Morgan fingerprint density at radius 2 is 1.83 bits per heavy atom. The average molecular weight is 437 g/mol. The van der Waals surface area contributed by atoms with Crippen LogP contribution in [-0.4, -0.2) is 26.5 Å². The first-order valence-electron chi connectivity index (χ1n) is 9.30. The lowest BCUT2D eigenvalue weighted by Gasteiger charge is -2.34. The van der Waals surface area contributed by atoms with Gasteiger partial charge in [0.1, 0.15) is 16.5 Å². The van der Waals surface area contributed by atoms with Gasteiger partial charge in [-0.3, -0.25) is 4.98 Å². The molecule has 8 heteroatoms. The molecule has 0 N–H and O–H groups in total. The monoisotopic (exact) mass is 436 g/mol. The van der Waals surface area contributed by atoms with Crippen molar-refractivity contribution in [1.29, 1.82) is 0 Å². The second-order valence-corrected chi connectivity index (χ2v) is 9.71.